The van der Waals surface area contributed by atoms with Gasteiger partial charge in [0.05, 0.1) is 6.61 Å². The van der Waals surface area contributed by atoms with E-state index in [2.05, 4.69) is 20.1 Å². The first-order chi connectivity index (χ1) is 7.63. The van der Waals surface area contributed by atoms with Gasteiger partial charge in [0.15, 0.2) is 0 Å². The quantitative estimate of drug-likeness (QED) is 0.484. The number of alkyl halides is 3. The van der Waals surface area contributed by atoms with E-state index in [0.717, 1.165) is 12.1 Å². The smallest absolute Gasteiger partial charge is 0.258 e. The molecule has 1 aromatic rings. The molecule has 0 amide bonds. The molecule has 96 valence electrons. The Morgan fingerprint density at radius 2 is 1.88 bits per heavy atom. The average molecular weight is 337 g/mol. The zero-order chi connectivity index (χ0) is 13.3. The van der Waals surface area contributed by atoms with Crippen molar-refractivity contribution < 1.29 is 30.2 Å². The predicted molar refractivity (Wildman–Crippen MR) is 53.9 cm³/mol. The summed E-state index contributed by atoms with van der Waals surface area (Å²) in [5, 5.41) is 0. The Bertz CT molecular complexity index is 512. The molecule has 0 aromatic heterocycles. The van der Waals surface area contributed by atoms with Crippen LogP contribution in [0.2, 0.25) is 0 Å². The zero-order valence-electron chi connectivity index (χ0n) is 7.96. The lowest BCUT2D eigenvalue weighted by Gasteiger charge is -2.08. The molecule has 1 aromatic carbocycles. The fourth-order valence-electron chi connectivity index (χ4n) is 0.847. The molecule has 0 aliphatic heterocycles. The Kier molecular flexibility index (Phi) is 4.15. The maximum Gasteiger partial charge on any atom is 0.523 e. The SMILES string of the molecule is O=S(=O)(OCc1ccc(Br)cc1F)C(F)(F)F. The van der Waals surface area contributed by atoms with Crippen LogP contribution in [-0.2, 0) is 20.9 Å². The summed E-state index contributed by atoms with van der Waals surface area (Å²) in [6.45, 7) is -1.01. The highest BCUT2D eigenvalue weighted by molar-refractivity contribution is 9.10. The highest BCUT2D eigenvalue weighted by Gasteiger charge is 2.47. The van der Waals surface area contributed by atoms with Gasteiger partial charge in [-0.3, -0.25) is 4.18 Å². The lowest BCUT2D eigenvalue weighted by molar-refractivity contribution is -0.0548. The molecule has 0 bridgehead atoms. The van der Waals surface area contributed by atoms with Crippen molar-refractivity contribution in [3.05, 3.63) is 34.1 Å². The molecule has 0 heterocycles. The Hall–Kier alpha value is -0.670. The van der Waals surface area contributed by atoms with E-state index in [1.807, 2.05) is 0 Å². The van der Waals surface area contributed by atoms with Gasteiger partial charge in [0, 0.05) is 10.0 Å². The zero-order valence-corrected chi connectivity index (χ0v) is 10.4. The molecule has 0 atom stereocenters. The van der Waals surface area contributed by atoms with Gasteiger partial charge in [-0.2, -0.15) is 21.6 Å². The molecule has 17 heavy (non-hydrogen) atoms. The first kappa shape index (κ1) is 14.4. The fourth-order valence-corrected chi connectivity index (χ4v) is 1.60. The second kappa shape index (κ2) is 4.91. The van der Waals surface area contributed by atoms with Crippen LogP contribution in [0.15, 0.2) is 22.7 Å². The van der Waals surface area contributed by atoms with Crippen molar-refractivity contribution in [2.24, 2.45) is 0 Å². The van der Waals surface area contributed by atoms with Crippen LogP contribution in [0.4, 0.5) is 17.6 Å². The van der Waals surface area contributed by atoms with Crippen LogP contribution >= 0.6 is 15.9 Å². The molecule has 0 unspecified atom stereocenters. The van der Waals surface area contributed by atoms with Crippen molar-refractivity contribution in [1.82, 2.24) is 0 Å². The summed E-state index contributed by atoms with van der Waals surface area (Å²) in [6, 6.07) is 3.45. The van der Waals surface area contributed by atoms with Crippen LogP contribution in [0.1, 0.15) is 5.56 Å². The van der Waals surface area contributed by atoms with E-state index in [4.69, 9.17) is 0 Å². The minimum Gasteiger partial charge on any atom is -0.258 e. The monoisotopic (exact) mass is 336 g/mol. The third-order valence-corrected chi connectivity index (χ3v) is 3.16. The molecule has 0 N–H and O–H groups in total. The highest BCUT2D eigenvalue weighted by Crippen LogP contribution is 2.26. The van der Waals surface area contributed by atoms with Crippen molar-refractivity contribution in [1.29, 1.82) is 0 Å². The summed E-state index contributed by atoms with van der Waals surface area (Å²) in [4.78, 5) is 0. The summed E-state index contributed by atoms with van der Waals surface area (Å²) in [5.41, 5.74) is -5.81. The number of benzene rings is 1. The lowest BCUT2D eigenvalue weighted by Crippen LogP contribution is -2.25. The van der Waals surface area contributed by atoms with E-state index < -0.39 is 28.1 Å². The minimum absolute atomic E-state index is 0.291. The molecule has 0 aliphatic carbocycles. The second-order valence-corrected chi connectivity index (χ2v) is 5.42. The Balaban J connectivity index is 2.82. The first-order valence-corrected chi connectivity index (χ1v) is 6.23. The van der Waals surface area contributed by atoms with Gasteiger partial charge in [0.1, 0.15) is 5.82 Å². The number of rotatable bonds is 3. The van der Waals surface area contributed by atoms with Crippen molar-refractivity contribution >= 4 is 26.0 Å². The molecular formula is C8H5BrF4O3S. The second-order valence-electron chi connectivity index (χ2n) is 2.90. The van der Waals surface area contributed by atoms with E-state index in [1.165, 1.54) is 6.07 Å². The van der Waals surface area contributed by atoms with Gasteiger partial charge in [-0.25, -0.2) is 4.39 Å². The fraction of sp³-hybridized carbons (Fsp3) is 0.250. The molecule has 0 saturated carbocycles. The summed E-state index contributed by atoms with van der Waals surface area (Å²) < 4.78 is 73.9. The van der Waals surface area contributed by atoms with Crippen LogP contribution in [-0.4, -0.2) is 13.9 Å². The molecule has 1 rings (SSSR count). The van der Waals surface area contributed by atoms with Crippen LogP contribution in [0.25, 0.3) is 0 Å². The summed E-state index contributed by atoms with van der Waals surface area (Å²) in [7, 11) is -5.70. The topological polar surface area (TPSA) is 43.4 Å². The largest absolute Gasteiger partial charge is 0.523 e. The van der Waals surface area contributed by atoms with E-state index >= 15 is 0 Å². The third kappa shape index (κ3) is 3.65. The van der Waals surface area contributed by atoms with E-state index in [1.54, 1.807) is 0 Å². The molecule has 0 spiro atoms. The van der Waals surface area contributed by atoms with Gasteiger partial charge in [-0.05, 0) is 12.1 Å². The summed E-state index contributed by atoms with van der Waals surface area (Å²) in [5.74, 6) is -0.864. The standard InChI is InChI=1S/C8H5BrF4O3S/c9-6-2-1-5(7(10)3-6)4-16-17(14,15)8(11,12)13/h1-3H,4H2. The van der Waals surface area contributed by atoms with Crippen LogP contribution in [0.5, 0.6) is 0 Å². The number of hydrogen-bond donors (Lipinski definition) is 0. The minimum atomic E-state index is -5.70. The molecule has 0 radical (unpaired) electrons. The Morgan fingerprint density at radius 1 is 1.29 bits per heavy atom. The van der Waals surface area contributed by atoms with Gasteiger partial charge < -0.3 is 0 Å². The normalized spacial score (nSPS) is 12.8. The third-order valence-electron chi connectivity index (χ3n) is 1.67. The van der Waals surface area contributed by atoms with Crippen molar-refractivity contribution in [2.45, 2.75) is 12.1 Å². The molecule has 3 nitrogen and oxygen atoms in total. The molecule has 0 aliphatic rings. The van der Waals surface area contributed by atoms with Crippen molar-refractivity contribution in [3.8, 4) is 0 Å². The molecular weight excluding hydrogens is 332 g/mol. The van der Waals surface area contributed by atoms with E-state index in [-0.39, 0.29) is 5.56 Å². The maximum absolute atomic E-state index is 13.1. The van der Waals surface area contributed by atoms with E-state index in [0.29, 0.717) is 4.47 Å². The van der Waals surface area contributed by atoms with Crippen LogP contribution in [0.3, 0.4) is 0 Å². The lowest BCUT2D eigenvalue weighted by atomic mass is 10.2. The Labute approximate surface area is 103 Å². The van der Waals surface area contributed by atoms with Gasteiger partial charge in [-0.1, -0.05) is 22.0 Å². The van der Waals surface area contributed by atoms with Crippen molar-refractivity contribution in [2.75, 3.05) is 0 Å². The van der Waals surface area contributed by atoms with Crippen LogP contribution in [0, 0.1) is 5.82 Å². The summed E-state index contributed by atoms with van der Waals surface area (Å²) in [6.07, 6.45) is 0. The van der Waals surface area contributed by atoms with Gasteiger partial charge in [-0.15, -0.1) is 0 Å². The van der Waals surface area contributed by atoms with Gasteiger partial charge in [0.25, 0.3) is 0 Å². The number of hydrogen-bond acceptors (Lipinski definition) is 3. The van der Waals surface area contributed by atoms with Crippen molar-refractivity contribution in [3.63, 3.8) is 0 Å². The van der Waals surface area contributed by atoms with E-state index in [9.17, 15) is 26.0 Å². The van der Waals surface area contributed by atoms with Gasteiger partial charge >= 0.3 is 15.6 Å². The predicted octanol–water partition coefficient (Wildman–Crippen LogP) is 2.95. The number of halogens is 5. The highest BCUT2D eigenvalue weighted by atomic mass is 79.9. The molecule has 9 heteroatoms. The maximum atomic E-state index is 13.1. The average Bonchev–Trinajstić information content (AvgIpc) is 2.14. The van der Waals surface area contributed by atoms with Gasteiger partial charge in [0.2, 0.25) is 0 Å². The molecule has 0 saturated heterocycles. The molecule has 0 fully saturated rings. The van der Waals surface area contributed by atoms with Crippen LogP contribution < -0.4 is 0 Å². The first-order valence-electron chi connectivity index (χ1n) is 4.03. The summed E-state index contributed by atoms with van der Waals surface area (Å²) >= 11 is 2.94. The Morgan fingerprint density at radius 3 is 2.35 bits per heavy atom.